The van der Waals surface area contributed by atoms with Crippen molar-refractivity contribution in [2.24, 2.45) is 0 Å². The maximum absolute atomic E-state index is 12.0. The van der Waals surface area contributed by atoms with Gasteiger partial charge >= 0.3 is 10.1 Å². The lowest BCUT2D eigenvalue weighted by Gasteiger charge is -2.31. The predicted octanol–water partition coefficient (Wildman–Crippen LogP) is 3.97. The van der Waals surface area contributed by atoms with E-state index < -0.39 is 10.1 Å². The molecule has 29 heavy (non-hydrogen) atoms. The van der Waals surface area contributed by atoms with E-state index in [2.05, 4.69) is 29.1 Å². The molecule has 1 aliphatic rings. The molecule has 0 saturated carbocycles. The molecular formula is C21H23N3O4S. The average Bonchev–Trinajstić information content (AvgIpc) is 3.02. The van der Waals surface area contributed by atoms with Crippen molar-refractivity contribution in [1.29, 1.82) is 0 Å². The average molecular weight is 413 g/mol. The molecule has 0 saturated heterocycles. The summed E-state index contributed by atoms with van der Waals surface area (Å²) < 4.78 is 28.7. The van der Waals surface area contributed by atoms with Crippen LogP contribution in [-0.4, -0.2) is 30.0 Å². The van der Waals surface area contributed by atoms with E-state index in [1.54, 1.807) is 31.2 Å². The Morgan fingerprint density at radius 1 is 1.17 bits per heavy atom. The van der Waals surface area contributed by atoms with Crippen LogP contribution in [0, 0.1) is 0 Å². The van der Waals surface area contributed by atoms with Crippen LogP contribution in [0.1, 0.15) is 39.2 Å². The minimum Gasteiger partial charge on any atom is -0.382 e. The number of H-pyrrole nitrogens is 1. The summed E-state index contributed by atoms with van der Waals surface area (Å²) in [5, 5.41) is 2.93. The van der Waals surface area contributed by atoms with E-state index in [0.717, 1.165) is 27.8 Å². The van der Waals surface area contributed by atoms with Gasteiger partial charge in [0, 0.05) is 23.1 Å². The summed E-state index contributed by atoms with van der Waals surface area (Å²) in [6.07, 6.45) is 0.940. The number of fused-ring (bicyclic) bond motifs is 2. The summed E-state index contributed by atoms with van der Waals surface area (Å²) in [4.78, 5) is 19.9. The number of nitrogens with one attached hydrogen (secondary N) is 2. The second-order valence-electron chi connectivity index (χ2n) is 7.98. The van der Waals surface area contributed by atoms with Gasteiger partial charge in [-0.15, -0.1) is 0 Å². The minimum atomic E-state index is -3.57. The number of carbonyl (C=O) groups excluding carboxylic acids is 1. The standard InChI is InChI=1S/C21H23N3O4S/c1-4-9-29(26,27)28-14-7-5-13(6-8-14)20-23-17-10-15-16(11-18(17)24-20)22-19(25)12-21(15,2)3/h5-8,10-11H,4,9,12H2,1-3H3,(H,22,25)(H,23,24). The number of imidazole rings is 1. The number of carbonyl (C=O) groups is 1. The third-order valence-corrected chi connectivity index (χ3v) is 6.39. The Kier molecular flexibility index (Phi) is 4.61. The fourth-order valence-electron chi connectivity index (χ4n) is 3.65. The Morgan fingerprint density at radius 3 is 2.59 bits per heavy atom. The van der Waals surface area contributed by atoms with Crippen LogP contribution >= 0.6 is 0 Å². The number of amides is 1. The third-order valence-electron chi connectivity index (χ3n) is 5.03. The van der Waals surface area contributed by atoms with E-state index >= 15 is 0 Å². The lowest BCUT2D eigenvalue weighted by atomic mass is 9.78. The second kappa shape index (κ2) is 6.88. The number of hydrogen-bond donors (Lipinski definition) is 2. The summed E-state index contributed by atoms with van der Waals surface area (Å²) in [6.45, 7) is 5.90. The van der Waals surface area contributed by atoms with E-state index in [1.165, 1.54) is 0 Å². The monoisotopic (exact) mass is 413 g/mol. The predicted molar refractivity (Wildman–Crippen MR) is 113 cm³/mol. The summed E-state index contributed by atoms with van der Waals surface area (Å²) in [7, 11) is -3.57. The van der Waals surface area contributed by atoms with E-state index in [9.17, 15) is 13.2 Å². The fraction of sp³-hybridized carbons (Fsp3) is 0.333. The van der Waals surface area contributed by atoms with Crippen molar-refractivity contribution < 1.29 is 17.4 Å². The zero-order chi connectivity index (χ0) is 20.8. The molecule has 2 N–H and O–H groups in total. The van der Waals surface area contributed by atoms with Crippen molar-refractivity contribution >= 4 is 32.7 Å². The molecule has 0 atom stereocenters. The van der Waals surface area contributed by atoms with E-state index in [-0.39, 0.29) is 22.8 Å². The van der Waals surface area contributed by atoms with Gasteiger partial charge in [-0.25, -0.2) is 4.98 Å². The molecule has 0 unspecified atom stereocenters. The molecule has 0 aliphatic carbocycles. The number of hydrogen-bond acceptors (Lipinski definition) is 5. The largest absolute Gasteiger partial charge is 0.382 e. The summed E-state index contributed by atoms with van der Waals surface area (Å²) in [6, 6.07) is 10.7. The first kappa shape index (κ1) is 19.4. The molecule has 4 rings (SSSR count). The number of nitrogens with zero attached hydrogens (tertiary/aromatic N) is 1. The number of anilines is 1. The molecule has 1 amide bonds. The molecule has 7 nitrogen and oxygen atoms in total. The van der Waals surface area contributed by atoms with Gasteiger partial charge in [-0.05, 0) is 48.4 Å². The van der Waals surface area contributed by atoms with Crippen LogP contribution in [0.2, 0.25) is 0 Å². The molecule has 8 heteroatoms. The molecule has 0 spiro atoms. The normalized spacial score (nSPS) is 15.8. The van der Waals surface area contributed by atoms with E-state index in [0.29, 0.717) is 18.7 Å². The Morgan fingerprint density at radius 2 is 1.90 bits per heavy atom. The molecule has 3 aromatic rings. The molecule has 0 radical (unpaired) electrons. The van der Waals surface area contributed by atoms with E-state index in [1.807, 2.05) is 12.1 Å². The molecule has 2 aromatic carbocycles. The van der Waals surface area contributed by atoms with Crippen LogP contribution in [0.4, 0.5) is 5.69 Å². The highest BCUT2D eigenvalue weighted by Crippen LogP contribution is 2.39. The van der Waals surface area contributed by atoms with Crippen LogP contribution in [0.25, 0.3) is 22.4 Å². The zero-order valence-electron chi connectivity index (χ0n) is 16.6. The van der Waals surface area contributed by atoms with Gasteiger partial charge in [0.05, 0.1) is 16.8 Å². The number of aromatic nitrogens is 2. The van der Waals surface area contributed by atoms with Crippen molar-refractivity contribution in [3.8, 4) is 17.1 Å². The van der Waals surface area contributed by atoms with Gasteiger partial charge in [0.2, 0.25) is 5.91 Å². The maximum atomic E-state index is 12.0. The summed E-state index contributed by atoms with van der Waals surface area (Å²) in [5.74, 6) is 0.925. The van der Waals surface area contributed by atoms with Crippen LogP contribution in [0.15, 0.2) is 36.4 Å². The quantitative estimate of drug-likeness (QED) is 0.617. The van der Waals surface area contributed by atoms with Crippen molar-refractivity contribution in [2.75, 3.05) is 11.1 Å². The Hall–Kier alpha value is -2.87. The van der Waals surface area contributed by atoms with Crippen LogP contribution in [-0.2, 0) is 20.3 Å². The lowest BCUT2D eigenvalue weighted by Crippen LogP contribution is -2.32. The summed E-state index contributed by atoms with van der Waals surface area (Å²) in [5.41, 5.74) is 4.06. The van der Waals surface area contributed by atoms with Gasteiger partial charge in [-0.1, -0.05) is 20.8 Å². The first-order chi connectivity index (χ1) is 13.7. The molecular weight excluding hydrogens is 390 g/mol. The van der Waals surface area contributed by atoms with Crippen LogP contribution in [0.3, 0.4) is 0 Å². The molecule has 0 bridgehead atoms. The Labute approximate surface area is 169 Å². The fourth-order valence-corrected chi connectivity index (χ4v) is 4.64. The number of rotatable bonds is 5. The Balaban J connectivity index is 1.66. The molecule has 1 aromatic heterocycles. The molecule has 1 aliphatic heterocycles. The molecule has 152 valence electrons. The second-order valence-corrected chi connectivity index (χ2v) is 9.67. The number of aromatic amines is 1. The van der Waals surface area contributed by atoms with Crippen molar-refractivity contribution in [3.05, 3.63) is 42.0 Å². The molecule has 0 fully saturated rings. The van der Waals surface area contributed by atoms with Gasteiger partial charge in [0.1, 0.15) is 11.6 Å². The van der Waals surface area contributed by atoms with E-state index in [4.69, 9.17) is 4.18 Å². The van der Waals surface area contributed by atoms with Gasteiger partial charge in [-0.2, -0.15) is 8.42 Å². The number of benzene rings is 2. The van der Waals surface area contributed by atoms with Gasteiger partial charge in [-0.3, -0.25) is 4.79 Å². The Bertz CT molecular complexity index is 1190. The third kappa shape index (κ3) is 3.85. The minimum absolute atomic E-state index is 0.00576. The topological polar surface area (TPSA) is 101 Å². The SMILES string of the molecule is CCCS(=O)(=O)Oc1ccc(-c2nc3cc4c(cc3[nH]2)C(C)(C)CC(=O)N4)cc1. The summed E-state index contributed by atoms with van der Waals surface area (Å²) >= 11 is 0. The van der Waals surface area contributed by atoms with Gasteiger partial charge < -0.3 is 14.5 Å². The van der Waals surface area contributed by atoms with Crippen molar-refractivity contribution in [3.63, 3.8) is 0 Å². The highest BCUT2D eigenvalue weighted by molar-refractivity contribution is 7.87. The van der Waals surface area contributed by atoms with Crippen molar-refractivity contribution in [1.82, 2.24) is 9.97 Å². The highest BCUT2D eigenvalue weighted by Gasteiger charge is 2.32. The van der Waals surface area contributed by atoms with Crippen molar-refractivity contribution in [2.45, 2.75) is 39.0 Å². The molecule has 2 heterocycles. The first-order valence-electron chi connectivity index (χ1n) is 9.53. The van der Waals surface area contributed by atoms with Crippen LogP contribution < -0.4 is 9.50 Å². The smallest absolute Gasteiger partial charge is 0.309 e. The van der Waals surface area contributed by atoms with Gasteiger partial charge in [0.15, 0.2) is 0 Å². The highest BCUT2D eigenvalue weighted by atomic mass is 32.2. The lowest BCUT2D eigenvalue weighted by molar-refractivity contribution is -0.117. The zero-order valence-corrected chi connectivity index (χ0v) is 17.4. The first-order valence-corrected chi connectivity index (χ1v) is 11.1. The van der Waals surface area contributed by atoms with Gasteiger partial charge in [0.25, 0.3) is 0 Å². The van der Waals surface area contributed by atoms with Crippen LogP contribution in [0.5, 0.6) is 5.75 Å². The maximum Gasteiger partial charge on any atom is 0.309 e.